The van der Waals surface area contributed by atoms with Gasteiger partial charge >= 0.3 is 0 Å². The number of carbonyl (C=O) groups is 2. The van der Waals surface area contributed by atoms with E-state index in [2.05, 4.69) is 0 Å². The number of carbonyl (C=O) groups excluding carboxylic acids is 2. The van der Waals surface area contributed by atoms with Crippen LogP contribution < -0.4 is 9.47 Å². The highest BCUT2D eigenvalue weighted by molar-refractivity contribution is 8.13. The highest BCUT2D eigenvalue weighted by Gasteiger charge is 2.25. The number of aldehydes is 1. The van der Waals surface area contributed by atoms with Crippen molar-refractivity contribution in [3.05, 3.63) is 23.3 Å². The lowest BCUT2D eigenvalue weighted by molar-refractivity contribution is -0.109. The van der Waals surface area contributed by atoms with Crippen LogP contribution in [0, 0.1) is 0 Å². The molecule has 0 radical (unpaired) electrons. The molecule has 1 aromatic carbocycles. The standard InChI is InChI=1S/C14H18O6S/c1-8(16)21-7-11(17)13(18)10-4-9(6-15)5-12(19-2)14(10)20-3/h4-6,11,13,17-18H,7H2,1-3H3. The molecule has 0 spiro atoms. The van der Waals surface area contributed by atoms with Crippen LogP contribution in [0.2, 0.25) is 0 Å². The fourth-order valence-corrected chi connectivity index (χ4v) is 2.39. The lowest BCUT2D eigenvalue weighted by Crippen LogP contribution is -2.22. The third-order valence-corrected chi connectivity index (χ3v) is 3.72. The molecule has 0 saturated heterocycles. The van der Waals surface area contributed by atoms with Crippen molar-refractivity contribution in [3.8, 4) is 11.5 Å². The molecular weight excluding hydrogens is 296 g/mol. The van der Waals surface area contributed by atoms with Crippen molar-refractivity contribution < 1.29 is 29.3 Å². The molecule has 2 atom stereocenters. The number of methoxy groups -OCH3 is 2. The van der Waals surface area contributed by atoms with Crippen LogP contribution in [-0.4, -0.2) is 47.7 Å². The van der Waals surface area contributed by atoms with Crippen LogP contribution in [0.15, 0.2) is 12.1 Å². The molecule has 0 saturated carbocycles. The van der Waals surface area contributed by atoms with Crippen LogP contribution in [0.5, 0.6) is 11.5 Å². The Balaban J connectivity index is 3.13. The van der Waals surface area contributed by atoms with E-state index in [0.717, 1.165) is 11.8 Å². The summed E-state index contributed by atoms with van der Waals surface area (Å²) in [7, 11) is 2.80. The number of hydrogen-bond acceptors (Lipinski definition) is 7. The van der Waals surface area contributed by atoms with E-state index in [4.69, 9.17) is 9.47 Å². The molecule has 0 fully saturated rings. The van der Waals surface area contributed by atoms with Gasteiger partial charge < -0.3 is 19.7 Å². The second-order valence-corrected chi connectivity index (χ2v) is 5.48. The third-order valence-electron chi connectivity index (χ3n) is 2.81. The topological polar surface area (TPSA) is 93.1 Å². The van der Waals surface area contributed by atoms with Gasteiger partial charge in [-0.1, -0.05) is 11.8 Å². The first-order valence-electron chi connectivity index (χ1n) is 6.15. The summed E-state index contributed by atoms with van der Waals surface area (Å²) in [4.78, 5) is 21.9. The first-order chi connectivity index (χ1) is 9.94. The van der Waals surface area contributed by atoms with Crippen molar-refractivity contribution in [2.45, 2.75) is 19.1 Å². The Morgan fingerprint density at radius 3 is 2.48 bits per heavy atom. The molecule has 0 heterocycles. The van der Waals surface area contributed by atoms with Crippen LogP contribution in [0.25, 0.3) is 0 Å². The molecule has 116 valence electrons. The SMILES string of the molecule is COc1cc(C=O)cc(C(O)C(O)CSC(C)=O)c1OC. The molecule has 0 aliphatic rings. The molecule has 0 aromatic heterocycles. The molecular formula is C14H18O6S. The van der Waals surface area contributed by atoms with E-state index >= 15 is 0 Å². The minimum atomic E-state index is -1.31. The van der Waals surface area contributed by atoms with Gasteiger partial charge in [-0.05, 0) is 12.1 Å². The molecule has 1 aromatic rings. The van der Waals surface area contributed by atoms with Gasteiger partial charge in [-0.2, -0.15) is 0 Å². The second kappa shape index (κ2) is 8.02. The summed E-state index contributed by atoms with van der Waals surface area (Å²) in [5.41, 5.74) is 0.517. The van der Waals surface area contributed by atoms with E-state index in [1.807, 2.05) is 0 Å². The predicted octanol–water partition coefficient (Wildman–Crippen LogP) is 1.19. The number of aliphatic hydroxyl groups excluding tert-OH is 2. The maximum Gasteiger partial charge on any atom is 0.185 e. The molecule has 0 amide bonds. The number of ether oxygens (including phenoxy) is 2. The fraction of sp³-hybridized carbons (Fsp3) is 0.429. The molecule has 21 heavy (non-hydrogen) atoms. The Bertz CT molecular complexity index is 516. The van der Waals surface area contributed by atoms with Crippen molar-refractivity contribution >= 4 is 23.2 Å². The summed E-state index contributed by atoms with van der Waals surface area (Å²) in [5, 5.41) is 20.0. The van der Waals surface area contributed by atoms with Gasteiger partial charge in [0.2, 0.25) is 0 Å². The van der Waals surface area contributed by atoms with E-state index in [-0.39, 0.29) is 33.5 Å². The Kier molecular flexibility index (Phi) is 6.67. The number of thioether (sulfide) groups is 1. The second-order valence-electron chi connectivity index (χ2n) is 4.28. The zero-order valence-corrected chi connectivity index (χ0v) is 12.8. The molecule has 0 aliphatic carbocycles. The summed E-state index contributed by atoms with van der Waals surface area (Å²) in [6.07, 6.45) is -1.88. The summed E-state index contributed by atoms with van der Waals surface area (Å²) in [6.45, 7) is 1.38. The number of aliphatic hydroxyl groups is 2. The molecule has 0 aliphatic heterocycles. The largest absolute Gasteiger partial charge is 0.493 e. The summed E-state index contributed by atoms with van der Waals surface area (Å²) in [5.74, 6) is 0.554. The number of benzene rings is 1. The first kappa shape index (κ1) is 17.5. The van der Waals surface area contributed by atoms with Crippen molar-refractivity contribution in [2.75, 3.05) is 20.0 Å². The van der Waals surface area contributed by atoms with Gasteiger partial charge in [0.05, 0.1) is 20.3 Å². The summed E-state index contributed by atoms with van der Waals surface area (Å²) in [6, 6.07) is 2.89. The van der Waals surface area contributed by atoms with Gasteiger partial charge in [0.15, 0.2) is 16.6 Å². The fourth-order valence-electron chi connectivity index (χ4n) is 1.80. The lowest BCUT2D eigenvalue weighted by atomic mass is 10.0. The zero-order valence-electron chi connectivity index (χ0n) is 12.0. The first-order valence-corrected chi connectivity index (χ1v) is 7.13. The van der Waals surface area contributed by atoms with E-state index in [1.54, 1.807) is 0 Å². The summed E-state index contributed by atoms with van der Waals surface area (Å²) >= 11 is 0.905. The van der Waals surface area contributed by atoms with Gasteiger partial charge in [-0.15, -0.1) is 0 Å². The van der Waals surface area contributed by atoms with Gasteiger partial charge in [-0.25, -0.2) is 0 Å². The van der Waals surface area contributed by atoms with Gasteiger partial charge in [0.25, 0.3) is 0 Å². The highest BCUT2D eigenvalue weighted by atomic mass is 32.2. The number of rotatable bonds is 7. The van der Waals surface area contributed by atoms with Gasteiger partial charge in [-0.3, -0.25) is 9.59 Å². The maximum atomic E-state index is 10.9. The molecule has 0 bridgehead atoms. The monoisotopic (exact) mass is 314 g/mol. The van der Waals surface area contributed by atoms with Crippen LogP contribution in [0.3, 0.4) is 0 Å². The molecule has 7 heteroatoms. The molecule has 2 N–H and O–H groups in total. The average molecular weight is 314 g/mol. The van der Waals surface area contributed by atoms with E-state index in [1.165, 1.54) is 33.3 Å². The van der Waals surface area contributed by atoms with Crippen LogP contribution in [-0.2, 0) is 4.79 Å². The normalized spacial score (nSPS) is 13.4. The quantitative estimate of drug-likeness (QED) is 0.730. The minimum Gasteiger partial charge on any atom is -0.493 e. The Morgan fingerprint density at radius 2 is 2.00 bits per heavy atom. The maximum absolute atomic E-state index is 10.9. The number of hydrogen-bond donors (Lipinski definition) is 2. The van der Waals surface area contributed by atoms with Crippen LogP contribution in [0.1, 0.15) is 28.9 Å². The zero-order chi connectivity index (χ0) is 16.0. The van der Waals surface area contributed by atoms with Crippen LogP contribution >= 0.6 is 11.8 Å². The Hall–Kier alpha value is -1.57. The van der Waals surface area contributed by atoms with Gasteiger partial charge in [0.1, 0.15) is 12.4 Å². The minimum absolute atomic E-state index is 0.0350. The Morgan fingerprint density at radius 1 is 1.33 bits per heavy atom. The predicted molar refractivity (Wildman–Crippen MR) is 79.0 cm³/mol. The van der Waals surface area contributed by atoms with E-state index in [0.29, 0.717) is 6.29 Å². The third kappa shape index (κ3) is 4.45. The summed E-state index contributed by atoms with van der Waals surface area (Å²) < 4.78 is 10.3. The molecule has 1 rings (SSSR count). The lowest BCUT2D eigenvalue weighted by Gasteiger charge is -2.21. The van der Waals surface area contributed by atoms with Crippen molar-refractivity contribution in [3.63, 3.8) is 0 Å². The molecule has 6 nitrogen and oxygen atoms in total. The van der Waals surface area contributed by atoms with Crippen molar-refractivity contribution in [1.29, 1.82) is 0 Å². The van der Waals surface area contributed by atoms with Crippen molar-refractivity contribution in [2.24, 2.45) is 0 Å². The highest BCUT2D eigenvalue weighted by Crippen LogP contribution is 2.37. The van der Waals surface area contributed by atoms with Crippen molar-refractivity contribution in [1.82, 2.24) is 0 Å². The van der Waals surface area contributed by atoms with E-state index in [9.17, 15) is 19.8 Å². The van der Waals surface area contributed by atoms with Gasteiger partial charge in [0, 0.05) is 23.8 Å². The smallest absolute Gasteiger partial charge is 0.185 e. The van der Waals surface area contributed by atoms with Crippen LogP contribution in [0.4, 0.5) is 0 Å². The molecule has 2 unspecified atom stereocenters. The average Bonchev–Trinajstić information content (AvgIpc) is 2.49. The Labute approximate surface area is 127 Å². The van der Waals surface area contributed by atoms with E-state index < -0.39 is 12.2 Å².